The molecule has 0 amide bonds. The molecule has 0 saturated carbocycles. The maximum Gasteiger partial charge on any atom is 0.104 e. The molecule has 88 valence electrons. The van der Waals surface area contributed by atoms with E-state index >= 15 is 0 Å². The Morgan fingerprint density at radius 3 is 2.44 bits per heavy atom. The molecule has 0 radical (unpaired) electrons. The van der Waals surface area contributed by atoms with E-state index in [2.05, 4.69) is 24.3 Å². The zero-order valence-corrected chi connectivity index (χ0v) is 10.3. The molecule has 0 fully saturated rings. The van der Waals surface area contributed by atoms with Crippen LogP contribution in [0.15, 0.2) is 36.4 Å². The van der Waals surface area contributed by atoms with Crippen LogP contribution in [-0.4, -0.2) is 11.8 Å². The van der Waals surface area contributed by atoms with Gasteiger partial charge in [0.15, 0.2) is 0 Å². The van der Waals surface area contributed by atoms with Crippen LogP contribution in [0.1, 0.15) is 11.3 Å². The van der Waals surface area contributed by atoms with Crippen LogP contribution in [0.4, 0.5) is 0 Å². The molecule has 0 unspecified atom stereocenters. The van der Waals surface area contributed by atoms with Crippen LogP contribution < -0.4 is 4.84 Å². The zero-order valence-electron chi connectivity index (χ0n) is 10.3. The second kappa shape index (κ2) is 3.78. The van der Waals surface area contributed by atoms with Crippen molar-refractivity contribution in [1.82, 2.24) is 4.73 Å². The van der Waals surface area contributed by atoms with Gasteiger partial charge in [0.05, 0.1) is 16.8 Å². The fraction of sp³-hybridized carbons (Fsp3) is 0.133. The number of nitrogens with zero attached hydrogens (tertiary/aromatic N) is 2. The monoisotopic (exact) mass is 236 g/mol. The highest BCUT2D eigenvalue weighted by atomic mass is 16.6. The number of rotatable bonds is 1. The van der Waals surface area contributed by atoms with Crippen LogP contribution in [0, 0.1) is 18.3 Å². The third-order valence-electron chi connectivity index (χ3n) is 3.31. The van der Waals surface area contributed by atoms with Gasteiger partial charge in [-0.2, -0.15) is 9.99 Å². The van der Waals surface area contributed by atoms with Gasteiger partial charge in [0, 0.05) is 5.39 Å². The number of nitriles is 1. The summed E-state index contributed by atoms with van der Waals surface area (Å²) in [6.45, 7) is 1.90. The average molecular weight is 236 g/mol. The second-order valence-corrected chi connectivity index (χ2v) is 4.27. The molecule has 0 bridgehead atoms. The van der Waals surface area contributed by atoms with Crippen molar-refractivity contribution in [1.29, 1.82) is 5.26 Å². The lowest BCUT2D eigenvalue weighted by Gasteiger charge is -2.05. The minimum atomic E-state index is 0.678. The van der Waals surface area contributed by atoms with Crippen molar-refractivity contribution >= 4 is 21.7 Å². The minimum absolute atomic E-state index is 0.678. The lowest BCUT2D eigenvalue weighted by atomic mass is 10.1. The van der Waals surface area contributed by atoms with Gasteiger partial charge in [-0.15, -0.1) is 0 Å². The van der Waals surface area contributed by atoms with E-state index in [1.54, 1.807) is 11.8 Å². The van der Waals surface area contributed by atoms with Gasteiger partial charge in [-0.3, -0.25) is 0 Å². The Morgan fingerprint density at radius 2 is 1.83 bits per heavy atom. The summed E-state index contributed by atoms with van der Waals surface area (Å²) in [5, 5.41) is 12.5. The summed E-state index contributed by atoms with van der Waals surface area (Å²) in [6, 6.07) is 14.5. The van der Waals surface area contributed by atoms with Gasteiger partial charge in [0.25, 0.3) is 0 Å². The lowest BCUT2D eigenvalue weighted by Crippen LogP contribution is -2.07. The molecular formula is C15H12N2O. The summed E-state index contributed by atoms with van der Waals surface area (Å²) in [7, 11) is 1.61. The molecule has 0 spiro atoms. The summed E-state index contributed by atoms with van der Waals surface area (Å²) < 4.78 is 1.71. The third-order valence-corrected chi connectivity index (χ3v) is 3.31. The van der Waals surface area contributed by atoms with Crippen molar-refractivity contribution < 1.29 is 4.84 Å². The van der Waals surface area contributed by atoms with Gasteiger partial charge in [0.1, 0.15) is 13.2 Å². The highest BCUT2D eigenvalue weighted by Gasteiger charge is 2.14. The van der Waals surface area contributed by atoms with E-state index in [1.807, 2.05) is 25.1 Å². The first-order chi connectivity index (χ1) is 8.76. The molecule has 2 aromatic carbocycles. The van der Waals surface area contributed by atoms with E-state index in [-0.39, 0.29) is 0 Å². The molecule has 0 atom stereocenters. The second-order valence-electron chi connectivity index (χ2n) is 4.27. The van der Waals surface area contributed by atoms with Gasteiger partial charge in [-0.1, -0.05) is 24.3 Å². The van der Waals surface area contributed by atoms with Crippen molar-refractivity contribution in [3.8, 4) is 6.07 Å². The van der Waals surface area contributed by atoms with Crippen LogP contribution >= 0.6 is 0 Å². The van der Waals surface area contributed by atoms with E-state index in [0.29, 0.717) is 5.56 Å². The SMILES string of the molecule is COn1c(C)c(C#N)c2cc3ccccc3cc21. The third kappa shape index (κ3) is 1.29. The molecule has 18 heavy (non-hydrogen) atoms. The van der Waals surface area contributed by atoms with Gasteiger partial charge in [-0.25, -0.2) is 0 Å². The van der Waals surface area contributed by atoms with Crippen molar-refractivity contribution in [2.45, 2.75) is 6.92 Å². The predicted molar refractivity (Wildman–Crippen MR) is 71.4 cm³/mol. The fourth-order valence-corrected chi connectivity index (χ4v) is 2.45. The van der Waals surface area contributed by atoms with Crippen molar-refractivity contribution in [3.05, 3.63) is 47.7 Å². The number of benzene rings is 2. The first-order valence-corrected chi connectivity index (χ1v) is 5.74. The largest absolute Gasteiger partial charge is 0.417 e. The molecule has 1 heterocycles. The van der Waals surface area contributed by atoms with Gasteiger partial charge >= 0.3 is 0 Å². The fourth-order valence-electron chi connectivity index (χ4n) is 2.45. The molecular weight excluding hydrogens is 224 g/mol. The Bertz CT molecular complexity index is 793. The standard InChI is InChI=1S/C15H12N2O/c1-10-14(9-16)13-7-11-5-3-4-6-12(11)8-15(13)17(10)18-2/h3-8H,1-2H3. The lowest BCUT2D eigenvalue weighted by molar-refractivity contribution is 0.173. The average Bonchev–Trinajstić information content (AvgIpc) is 2.66. The van der Waals surface area contributed by atoms with E-state index in [4.69, 9.17) is 4.84 Å². The number of aromatic nitrogens is 1. The summed E-state index contributed by atoms with van der Waals surface area (Å²) in [5.41, 5.74) is 2.45. The first-order valence-electron chi connectivity index (χ1n) is 5.74. The molecule has 3 rings (SSSR count). The first kappa shape index (κ1) is 10.7. The Morgan fingerprint density at radius 1 is 1.17 bits per heavy atom. The predicted octanol–water partition coefficient (Wildman–Crippen LogP) is 3.03. The summed E-state index contributed by atoms with van der Waals surface area (Å²) in [4.78, 5) is 5.36. The molecule has 0 saturated heterocycles. The van der Waals surface area contributed by atoms with Crippen LogP contribution in [0.2, 0.25) is 0 Å². The molecule has 0 aliphatic heterocycles. The molecule has 3 heteroatoms. The van der Waals surface area contributed by atoms with Crippen molar-refractivity contribution in [2.75, 3.05) is 7.11 Å². The minimum Gasteiger partial charge on any atom is -0.417 e. The molecule has 3 nitrogen and oxygen atoms in total. The smallest absolute Gasteiger partial charge is 0.104 e. The van der Waals surface area contributed by atoms with Crippen LogP contribution in [0.3, 0.4) is 0 Å². The van der Waals surface area contributed by atoms with Crippen LogP contribution in [-0.2, 0) is 0 Å². The molecule has 1 aromatic heterocycles. The summed E-state index contributed by atoms with van der Waals surface area (Å²) >= 11 is 0. The van der Waals surface area contributed by atoms with Crippen LogP contribution in [0.5, 0.6) is 0 Å². The Kier molecular flexibility index (Phi) is 2.24. The van der Waals surface area contributed by atoms with Crippen molar-refractivity contribution in [2.24, 2.45) is 0 Å². The molecule has 0 N–H and O–H groups in total. The summed E-state index contributed by atoms with van der Waals surface area (Å²) in [5.74, 6) is 0. The Hall–Kier alpha value is -2.47. The maximum atomic E-state index is 9.28. The molecule has 3 aromatic rings. The highest BCUT2D eigenvalue weighted by molar-refractivity contribution is 6.00. The van der Waals surface area contributed by atoms with Crippen LogP contribution in [0.25, 0.3) is 21.7 Å². The highest BCUT2D eigenvalue weighted by Crippen LogP contribution is 2.28. The number of hydrogen-bond acceptors (Lipinski definition) is 2. The van der Waals surface area contributed by atoms with E-state index in [1.165, 1.54) is 0 Å². The Labute approximate surface area is 105 Å². The van der Waals surface area contributed by atoms with E-state index in [0.717, 1.165) is 27.4 Å². The number of fused-ring (bicyclic) bond motifs is 2. The quantitative estimate of drug-likeness (QED) is 0.651. The van der Waals surface area contributed by atoms with Gasteiger partial charge < -0.3 is 4.84 Å². The van der Waals surface area contributed by atoms with Crippen molar-refractivity contribution in [3.63, 3.8) is 0 Å². The van der Waals surface area contributed by atoms with Gasteiger partial charge in [-0.05, 0) is 29.8 Å². The topological polar surface area (TPSA) is 38.0 Å². The Balaban J connectivity index is 2.54. The molecule has 0 aliphatic rings. The van der Waals surface area contributed by atoms with E-state index in [9.17, 15) is 5.26 Å². The molecule has 0 aliphatic carbocycles. The maximum absolute atomic E-state index is 9.28. The van der Waals surface area contributed by atoms with Gasteiger partial charge in [0.2, 0.25) is 0 Å². The summed E-state index contributed by atoms with van der Waals surface area (Å²) in [6.07, 6.45) is 0. The van der Waals surface area contributed by atoms with E-state index < -0.39 is 0 Å². The zero-order chi connectivity index (χ0) is 12.7. The number of hydrogen-bond donors (Lipinski definition) is 0. The normalized spacial score (nSPS) is 10.7.